The predicted octanol–water partition coefficient (Wildman–Crippen LogP) is 2.45. The lowest BCUT2D eigenvalue weighted by atomic mass is 10.3. The number of halogens is 1. The molecule has 8 heavy (non-hydrogen) atoms. The van der Waals surface area contributed by atoms with Gasteiger partial charge in [-0.15, -0.1) is 0 Å². The second-order valence-electron chi connectivity index (χ2n) is 1.64. The van der Waals surface area contributed by atoms with Crippen LogP contribution in [0.5, 0.6) is 0 Å². The summed E-state index contributed by atoms with van der Waals surface area (Å²) in [6.45, 7) is 4.01. The van der Waals surface area contributed by atoms with Gasteiger partial charge >= 0.3 is 0 Å². The average Bonchev–Trinajstić information content (AvgIpc) is 1.66. The summed E-state index contributed by atoms with van der Waals surface area (Å²) in [6.07, 6.45) is 1.68. The van der Waals surface area contributed by atoms with Crippen molar-refractivity contribution in [3.63, 3.8) is 0 Å². The maximum atomic E-state index is 5.07. The second kappa shape index (κ2) is 5.25. The number of rotatable bonds is 3. The van der Waals surface area contributed by atoms with Gasteiger partial charge in [0, 0.05) is 16.9 Å². The Morgan fingerprint density at radius 2 is 2.38 bits per heavy atom. The van der Waals surface area contributed by atoms with E-state index >= 15 is 0 Å². The quantitative estimate of drug-likeness (QED) is 0.353. The molecule has 0 radical (unpaired) electrons. The Balaban J connectivity index is 3.07. The topological polar surface area (TPSA) is 21.6 Å². The Morgan fingerprint density at radius 3 is 2.75 bits per heavy atom. The maximum Gasteiger partial charge on any atom is 0.198 e. The van der Waals surface area contributed by atoms with Crippen LogP contribution in [0.3, 0.4) is 0 Å². The number of hydrogen-bond acceptors (Lipinski definition) is 3. The van der Waals surface area contributed by atoms with Crippen LogP contribution in [-0.2, 0) is 4.28 Å². The predicted molar refractivity (Wildman–Crippen MR) is 37.9 cm³/mol. The van der Waals surface area contributed by atoms with E-state index in [1.54, 1.807) is 6.21 Å². The Bertz CT molecular complexity index is 76.4. The standard InChI is InChI=1S/C4H8ClNOS/c1-4(2)3-6-7-8-5/h3-4H,1-2H3/b6-3-. The summed E-state index contributed by atoms with van der Waals surface area (Å²) in [6, 6.07) is 0. The fourth-order valence-corrected chi connectivity index (χ4v) is 0.343. The third-order valence-corrected chi connectivity index (χ3v) is 0.742. The van der Waals surface area contributed by atoms with Gasteiger partial charge in [-0.1, -0.05) is 19.0 Å². The van der Waals surface area contributed by atoms with E-state index in [1.807, 2.05) is 13.8 Å². The van der Waals surface area contributed by atoms with Crippen LogP contribution in [0.15, 0.2) is 5.16 Å². The second-order valence-corrected chi connectivity index (χ2v) is 2.29. The molecule has 4 heteroatoms. The van der Waals surface area contributed by atoms with Gasteiger partial charge in [-0.25, -0.2) is 0 Å². The molecule has 0 bridgehead atoms. The minimum Gasteiger partial charge on any atom is -0.305 e. The van der Waals surface area contributed by atoms with E-state index in [2.05, 4.69) is 9.44 Å². The first-order chi connectivity index (χ1) is 3.77. The molecule has 0 unspecified atom stereocenters. The SMILES string of the molecule is CC(C)/C=N\OSCl. The highest BCUT2D eigenvalue weighted by Gasteiger charge is 1.83. The van der Waals surface area contributed by atoms with Gasteiger partial charge < -0.3 is 4.28 Å². The smallest absolute Gasteiger partial charge is 0.198 e. The van der Waals surface area contributed by atoms with Gasteiger partial charge in [0.05, 0.1) is 0 Å². The molecule has 0 saturated heterocycles. The van der Waals surface area contributed by atoms with E-state index in [1.165, 1.54) is 0 Å². The lowest BCUT2D eigenvalue weighted by Crippen LogP contribution is -1.85. The minimum absolute atomic E-state index is 0.416. The van der Waals surface area contributed by atoms with Crippen molar-refractivity contribution in [2.45, 2.75) is 13.8 Å². The first kappa shape index (κ1) is 8.11. The van der Waals surface area contributed by atoms with E-state index in [-0.39, 0.29) is 0 Å². The largest absolute Gasteiger partial charge is 0.305 e. The molecule has 0 rings (SSSR count). The van der Waals surface area contributed by atoms with Crippen molar-refractivity contribution in [3.05, 3.63) is 0 Å². The zero-order chi connectivity index (χ0) is 6.41. The third kappa shape index (κ3) is 6.11. The van der Waals surface area contributed by atoms with Crippen LogP contribution in [0.25, 0.3) is 0 Å². The molecule has 0 aromatic heterocycles. The first-order valence-corrected chi connectivity index (χ1v) is 3.82. The summed E-state index contributed by atoms with van der Waals surface area (Å²) in [7, 11) is 5.07. The van der Waals surface area contributed by atoms with Crippen molar-refractivity contribution < 1.29 is 4.28 Å². The summed E-state index contributed by atoms with van der Waals surface area (Å²) in [5, 5.41) is 3.50. The van der Waals surface area contributed by atoms with Crippen LogP contribution in [0.4, 0.5) is 0 Å². The van der Waals surface area contributed by atoms with Crippen LogP contribution in [-0.4, -0.2) is 6.21 Å². The van der Waals surface area contributed by atoms with E-state index in [0.29, 0.717) is 5.92 Å². The average molecular weight is 154 g/mol. The molecule has 2 nitrogen and oxygen atoms in total. The van der Waals surface area contributed by atoms with Gasteiger partial charge in [0.25, 0.3) is 0 Å². The van der Waals surface area contributed by atoms with Crippen molar-refractivity contribution in [1.82, 2.24) is 0 Å². The van der Waals surface area contributed by atoms with Crippen LogP contribution in [0.2, 0.25) is 0 Å². The Labute approximate surface area is 57.9 Å². The molecular formula is C4H8ClNOS. The van der Waals surface area contributed by atoms with E-state index in [9.17, 15) is 0 Å². The Morgan fingerprint density at radius 1 is 1.75 bits per heavy atom. The molecular weight excluding hydrogens is 146 g/mol. The Kier molecular flexibility index (Phi) is 5.32. The monoisotopic (exact) mass is 153 g/mol. The van der Waals surface area contributed by atoms with E-state index in [4.69, 9.17) is 10.7 Å². The van der Waals surface area contributed by atoms with Gasteiger partial charge in [-0.05, 0) is 5.92 Å². The molecule has 0 saturated carbocycles. The molecule has 0 N–H and O–H groups in total. The molecule has 0 fully saturated rings. The van der Waals surface area contributed by atoms with Crippen molar-refractivity contribution >= 4 is 28.2 Å². The highest BCUT2D eigenvalue weighted by atomic mass is 35.7. The van der Waals surface area contributed by atoms with Gasteiger partial charge in [0.15, 0.2) is 11.3 Å². The molecule has 0 heterocycles. The highest BCUT2D eigenvalue weighted by Crippen LogP contribution is 2.06. The summed E-state index contributed by atoms with van der Waals surface area (Å²) in [5.41, 5.74) is 0. The van der Waals surface area contributed by atoms with Gasteiger partial charge in [-0.2, -0.15) is 0 Å². The lowest BCUT2D eigenvalue weighted by Gasteiger charge is -1.89. The first-order valence-electron chi connectivity index (χ1n) is 2.25. The summed E-state index contributed by atoms with van der Waals surface area (Å²) >= 11 is 0.718. The summed E-state index contributed by atoms with van der Waals surface area (Å²) < 4.78 is 4.40. The normalized spacial score (nSPS) is 11.0. The van der Waals surface area contributed by atoms with Gasteiger partial charge in [0.1, 0.15) is 0 Å². The molecule has 0 aliphatic heterocycles. The summed E-state index contributed by atoms with van der Waals surface area (Å²) in [5.74, 6) is 0.416. The van der Waals surface area contributed by atoms with Gasteiger partial charge in [-0.3, -0.25) is 0 Å². The van der Waals surface area contributed by atoms with Crippen molar-refractivity contribution in [1.29, 1.82) is 0 Å². The molecule has 0 aliphatic rings. The van der Waals surface area contributed by atoms with Gasteiger partial charge in [0.2, 0.25) is 0 Å². The number of nitrogens with zero attached hydrogens (tertiary/aromatic N) is 1. The number of hydrogen-bond donors (Lipinski definition) is 0. The van der Waals surface area contributed by atoms with E-state index in [0.717, 1.165) is 11.3 Å². The van der Waals surface area contributed by atoms with Crippen LogP contribution < -0.4 is 0 Å². The molecule has 0 atom stereocenters. The highest BCUT2D eigenvalue weighted by molar-refractivity contribution is 8.17. The fourth-order valence-electron chi connectivity index (χ4n) is 0.163. The lowest BCUT2D eigenvalue weighted by molar-refractivity contribution is 0.411. The zero-order valence-electron chi connectivity index (χ0n) is 4.80. The van der Waals surface area contributed by atoms with Crippen molar-refractivity contribution in [2.24, 2.45) is 11.1 Å². The Hall–Kier alpha value is 0.110. The molecule has 0 aromatic carbocycles. The third-order valence-electron chi connectivity index (χ3n) is 0.430. The van der Waals surface area contributed by atoms with Crippen LogP contribution >= 0.6 is 21.9 Å². The minimum atomic E-state index is 0.416. The molecule has 0 aliphatic carbocycles. The molecule has 0 aromatic rings. The van der Waals surface area contributed by atoms with Crippen molar-refractivity contribution in [3.8, 4) is 0 Å². The molecule has 0 spiro atoms. The maximum absolute atomic E-state index is 5.07. The fraction of sp³-hybridized carbons (Fsp3) is 0.750. The summed E-state index contributed by atoms with van der Waals surface area (Å²) in [4.78, 5) is 0. The number of oxime groups is 1. The van der Waals surface area contributed by atoms with Crippen LogP contribution in [0, 0.1) is 5.92 Å². The van der Waals surface area contributed by atoms with Crippen molar-refractivity contribution in [2.75, 3.05) is 0 Å². The molecule has 48 valence electrons. The van der Waals surface area contributed by atoms with E-state index < -0.39 is 0 Å². The molecule has 0 amide bonds. The van der Waals surface area contributed by atoms with Crippen LogP contribution in [0.1, 0.15) is 13.8 Å². The zero-order valence-corrected chi connectivity index (χ0v) is 6.37.